The fourth-order valence-electron chi connectivity index (χ4n) is 1.22. The maximum atomic E-state index is 8.70. The van der Waals surface area contributed by atoms with Gasteiger partial charge < -0.3 is 9.15 Å². The fourth-order valence-corrected chi connectivity index (χ4v) is 1.43. The molecule has 0 aliphatic rings. The molecule has 0 aliphatic heterocycles. The molecule has 0 N–H and O–H groups in total. The van der Waals surface area contributed by atoms with Crippen molar-refractivity contribution in [2.45, 2.75) is 6.61 Å². The second-order valence-electron chi connectivity index (χ2n) is 3.17. The van der Waals surface area contributed by atoms with Crippen LogP contribution in [0.15, 0.2) is 41.2 Å². The third-order valence-corrected chi connectivity index (χ3v) is 2.36. The third-order valence-electron chi connectivity index (χ3n) is 2.05. The lowest BCUT2D eigenvalue weighted by atomic mass is 10.2. The van der Waals surface area contributed by atoms with Crippen molar-refractivity contribution in [2.24, 2.45) is 0 Å². The lowest BCUT2D eigenvalue weighted by Crippen LogP contribution is -1.93. The van der Waals surface area contributed by atoms with E-state index in [0.717, 1.165) is 5.56 Å². The molecule has 0 spiro atoms. The Balaban J connectivity index is 2.06. The summed E-state index contributed by atoms with van der Waals surface area (Å²) in [6.07, 6.45) is 3.20. The van der Waals surface area contributed by atoms with E-state index in [9.17, 15) is 0 Å². The fraction of sp³-hybridized carbons (Fsp3) is 0.0833. The lowest BCUT2D eigenvalue weighted by Gasteiger charge is -2.05. The van der Waals surface area contributed by atoms with Crippen LogP contribution < -0.4 is 4.74 Å². The predicted octanol–water partition coefficient (Wildman–Crippen LogP) is 3.38. The van der Waals surface area contributed by atoms with Crippen LogP contribution in [0.25, 0.3) is 0 Å². The minimum atomic E-state index is 0.396. The number of halogens is 1. The van der Waals surface area contributed by atoms with E-state index in [4.69, 9.17) is 26.0 Å². The Bertz CT molecular complexity index is 514. The number of ether oxygens (including phenoxy) is 1. The van der Waals surface area contributed by atoms with Crippen molar-refractivity contribution >= 4 is 11.6 Å². The monoisotopic (exact) mass is 233 g/mol. The molecule has 2 rings (SSSR count). The van der Waals surface area contributed by atoms with Crippen LogP contribution in [0.4, 0.5) is 0 Å². The van der Waals surface area contributed by atoms with Gasteiger partial charge in [0.25, 0.3) is 0 Å². The molecule has 4 heteroatoms. The van der Waals surface area contributed by atoms with Crippen LogP contribution in [0.3, 0.4) is 0 Å². The summed E-state index contributed by atoms with van der Waals surface area (Å²) in [4.78, 5) is 0. The Morgan fingerprint density at radius 3 is 2.88 bits per heavy atom. The van der Waals surface area contributed by atoms with Crippen LogP contribution in [-0.2, 0) is 6.61 Å². The topological polar surface area (TPSA) is 46.2 Å². The molecule has 0 amide bonds. The highest BCUT2D eigenvalue weighted by atomic mass is 35.5. The summed E-state index contributed by atoms with van der Waals surface area (Å²) in [6, 6.07) is 8.78. The number of rotatable bonds is 3. The van der Waals surface area contributed by atoms with Crippen molar-refractivity contribution < 1.29 is 9.15 Å². The zero-order chi connectivity index (χ0) is 11.4. The first-order valence-corrected chi connectivity index (χ1v) is 5.01. The molecule has 0 fully saturated rings. The first kappa shape index (κ1) is 10.6. The van der Waals surface area contributed by atoms with Gasteiger partial charge in [-0.1, -0.05) is 11.6 Å². The molecule has 0 radical (unpaired) electrons. The van der Waals surface area contributed by atoms with E-state index in [1.165, 1.54) is 0 Å². The zero-order valence-electron chi connectivity index (χ0n) is 8.31. The molecule has 0 unspecified atom stereocenters. The van der Waals surface area contributed by atoms with Gasteiger partial charge in [-0.25, -0.2) is 0 Å². The summed E-state index contributed by atoms with van der Waals surface area (Å²) in [7, 11) is 0. The highest BCUT2D eigenvalue weighted by Gasteiger charge is 2.02. The SMILES string of the molecule is N#Cc1ccc(OCc2ccoc2)cc1Cl. The van der Waals surface area contributed by atoms with Crippen LogP contribution >= 0.6 is 11.6 Å². The predicted molar refractivity (Wildman–Crippen MR) is 59.2 cm³/mol. The minimum absolute atomic E-state index is 0.396. The Morgan fingerprint density at radius 2 is 2.25 bits per heavy atom. The van der Waals surface area contributed by atoms with E-state index < -0.39 is 0 Å². The Kier molecular flexibility index (Phi) is 3.13. The molecule has 1 aromatic carbocycles. The standard InChI is InChI=1S/C12H8ClNO2/c13-12-5-11(2-1-10(12)6-14)16-8-9-3-4-15-7-9/h1-5,7H,8H2. The van der Waals surface area contributed by atoms with Gasteiger partial charge in [-0.05, 0) is 18.2 Å². The van der Waals surface area contributed by atoms with Crippen LogP contribution in [-0.4, -0.2) is 0 Å². The number of nitrogens with zero attached hydrogens (tertiary/aromatic N) is 1. The van der Waals surface area contributed by atoms with Gasteiger partial charge in [-0.15, -0.1) is 0 Å². The van der Waals surface area contributed by atoms with E-state index in [1.807, 2.05) is 12.1 Å². The molecule has 2 aromatic rings. The lowest BCUT2D eigenvalue weighted by molar-refractivity contribution is 0.305. The van der Waals surface area contributed by atoms with E-state index in [0.29, 0.717) is 22.9 Å². The molecule has 80 valence electrons. The first-order valence-electron chi connectivity index (χ1n) is 4.63. The van der Waals surface area contributed by atoms with Crippen molar-refractivity contribution in [2.75, 3.05) is 0 Å². The number of nitriles is 1. The molecule has 0 aliphatic carbocycles. The molecule has 1 heterocycles. The normalized spacial score (nSPS) is 9.75. The summed E-state index contributed by atoms with van der Waals surface area (Å²) < 4.78 is 10.4. The molecule has 3 nitrogen and oxygen atoms in total. The van der Waals surface area contributed by atoms with E-state index in [2.05, 4.69) is 0 Å². The second kappa shape index (κ2) is 4.73. The van der Waals surface area contributed by atoms with Crippen LogP contribution in [0.2, 0.25) is 5.02 Å². The van der Waals surface area contributed by atoms with Crippen LogP contribution in [0, 0.1) is 11.3 Å². The van der Waals surface area contributed by atoms with Gasteiger partial charge in [0.15, 0.2) is 0 Å². The quantitative estimate of drug-likeness (QED) is 0.816. The number of benzene rings is 1. The second-order valence-corrected chi connectivity index (χ2v) is 3.58. The first-order chi connectivity index (χ1) is 7.79. The largest absolute Gasteiger partial charge is 0.489 e. The van der Waals surface area contributed by atoms with Crippen LogP contribution in [0.1, 0.15) is 11.1 Å². The van der Waals surface area contributed by atoms with Gasteiger partial charge in [-0.3, -0.25) is 0 Å². The summed E-state index contributed by atoms with van der Waals surface area (Å²) in [5, 5.41) is 9.10. The molecule has 1 aromatic heterocycles. The molecule has 0 saturated heterocycles. The van der Waals surface area contributed by atoms with E-state index in [-0.39, 0.29) is 0 Å². The van der Waals surface area contributed by atoms with Crippen molar-refractivity contribution in [1.82, 2.24) is 0 Å². The average Bonchev–Trinajstić information content (AvgIpc) is 2.79. The number of furan rings is 1. The minimum Gasteiger partial charge on any atom is -0.489 e. The molecule has 0 saturated carbocycles. The van der Waals surface area contributed by atoms with Gasteiger partial charge in [0, 0.05) is 11.6 Å². The van der Waals surface area contributed by atoms with Crippen LogP contribution in [0.5, 0.6) is 5.75 Å². The summed E-state index contributed by atoms with van der Waals surface area (Å²) in [5.74, 6) is 0.630. The average molecular weight is 234 g/mol. The summed E-state index contributed by atoms with van der Waals surface area (Å²) >= 11 is 5.87. The highest BCUT2D eigenvalue weighted by Crippen LogP contribution is 2.22. The van der Waals surface area contributed by atoms with Crippen molar-refractivity contribution in [3.8, 4) is 11.8 Å². The number of hydrogen-bond donors (Lipinski definition) is 0. The third kappa shape index (κ3) is 2.36. The van der Waals surface area contributed by atoms with E-state index >= 15 is 0 Å². The summed E-state index contributed by atoms with van der Waals surface area (Å²) in [5.41, 5.74) is 1.39. The van der Waals surface area contributed by atoms with Crippen molar-refractivity contribution in [3.63, 3.8) is 0 Å². The molecule has 0 bridgehead atoms. The van der Waals surface area contributed by atoms with Gasteiger partial charge in [-0.2, -0.15) is 5.26 Å². The van der Waals surface area contributed by atoms with Crippen molar-refractivity contribution in [3.05, 3.63) is 52.9 Å². The Hall–Kier alpha value is -1.92. The maximum Gasteiger partial charge on any atom is 0.121 e. The Labute approximate surface area is 97.8 Å². The molecular weight excluding hydrogens is 226 g/mol. The maximum absolute atomic E-state index is 8.70. The zero-order valence-corrected chi connectivity index (χ0v) is 9.07. The van der Waals surface area contributed by atoms with Crippen molar-refractivity contribution in [1.29, 1.82) is 5.26 Å². The van der Waals surface area contributed by atoms with Gasteiger partial charge in [0.1, 0.15) is 18.4 Å². The van der Waals surface area contributed by atoms with Gasteiger partial charge in [0.2, 0.25) is 0 Å². The molecular formula is C12H8ClNO2. The number of hydrogen-bond acceptors (Lipinski definition) is 3. The van der Waals surface area contributed by atoms with Gasteiger partial charge in [0.05, 0.1) is 23.1 Å². The Morgan fingerprint density at radius 1 is 1.38 bits per heavy atom. The van der Waals surface area contributed by atoms with E-state index in [1.54, 1.807) is 30.7 Å². The summed E-state index contributed by atoms with van der Waals surface area (Å²) in [6.45, 7) is 0.415. The molecule has 16 heavy (non-hydrogen) atoms. The van der Waals surface area contributed by atoms with Gasteiger partial charge >= 0.3 is 0 Å². The highest BCUT2D eigenvalue weighted by molar-refractivity contribution is 6.31. The smallest absolute Gasteiger partial charge is 0.121 e. The molecule has 0 atom stereocenters.